The van der Waals surface area contributed by atoms with Crippen LogP contribution < -0.4 is 5.56 Å². The van der Waals surface area contributed by atoms with Crippen LogP contribution in [0.1, 0.15) is 62.5 Å². The van der Waals surface area contributed by atoms with Crippen LogP contribution in [0.2, 0.25) is 0 Å². The molecule has 190 valence electrons. The number of aromatic nitrogens is 2. The summed E-state index contributed by atoms with van der Waals surface area (Å²) in [6, 6.07) is 25.6. The fraction of sp³-hybridized carbons (Fsp3) is 0.344. The number of amides is 1. The topological polar surface area (TPSA) is 55.2 Å². The molecule has 5 rings (SSSR count). The van der Waals surface area contributed by atoms with E-state index in [0.717, 1.165) is 37.8 Å². The van der Waals surface area contributed by atoms with Crippen molar-refractivity contribution in [3.05, 3.63) is 106 Å². The zero-order valence-corrected chi connectivity index (χ0v) is 21.8. The van der Waals surface area contributed by atoms with Gasteiger partial charge in [0.2, 0.25) is 5.91 Å². The minimum absolute atomic E-state index is 0.0642. The van der Waals surface area contributed by atoms with Crippen molar-refractivity contribution >= 4 is 16.8 Å². The molecule has 1 saturated carbocycles. The van der Waals surface area contributed by atoms with E-state index in [2.05, 4.69) is 38.1 Å². The number of hydrogen-bond donors (Lipinski definition) is 0. The molecule has 0 radical (unpaired) electrons. The molecule has 37 heavy (non-hydrogen) atoms. The van der Waals surface area contributed by atoms with Crippen LogP contribution >= 0.6 is 0 Å². The molecular formula is C32H35N3O2. The third kappa shape index (κ3) is 5.08. The van der Waals surface area contributed by atoms with E-state index in [1.807, 2.05) is 59.5 Å². The van der Waals surface area contributed by atoms with Crippen molar-refractivity contribution in [1.82, 2.24) is 14.5 Å². The lowest BCUT2D eigenvalue weighted by molar-refractivity contribution is -0.141. The molecule has 1 aromatic heterocycles. The van der Waals surface area contributed by atoms with Gasteiger partial charge < -0.3 is 4.90 Å². The van der Waals surface area contributed by atoms with Gasteiger partial charge in [-0.3, -0.25) is 14.2 Å². The number of carbonyl (C=O) groups excluding carboxylic acids is 1. The van der Waals surface area contributed by atoms with Crippen LogP contribution in [-0.4, -0.2) is 26.9 Å². The van der Waals surface area contributed by atoms with Gasteiger partial charge in [0.15, 0.2) is 0 Å². The molecule has 0 bridgehead atoms. The first kappa shape index (κ1) is 24.9. The Hall–Kier alpha value is -3.73. The van der Waals surface area contributed by atoms with Gasteiger partial charge in [-0.2, -0.15) is 0 Å². The van der Waals surface area contributed by atoms with Gasteiger partial charge in [-0.1, -0.05) is 74.9 Å². The summed E-state index contributed by atoms with van der Waals surface area (Å²) in [5, 5.41) is 0.585. The smallest absolute Gasteiger partial charge is 0.266 e. The van der Waals surface area contributed by atoms with E-state index >= 15 is 0 Å². The zero-order chi connectivity index (χ0) is 25.8. The standard InChI is InChI=1S/C32H35N3O2/c1-3-23-17-19-26(20-18-23)35-30(33-28-16-9-8-15-27(28)32(35)37)29(4-2)34(31(36)25-13-10-14-25)22-21-24-11-6-5-7-12-24/h5-9,11-12,15-20,25,29H,3-4,10,13-14,21-22H2,1-2H3. The van der Waals surface area contributed by atoms with Crippen molar-refractivity contribution in [3.8, 4) is 5.69 Å². The van der Waals surface area contributed by atoms with Gasteiger partial charge in [0, 0.05) is 12.5 Å². The lowest BCUT2D eigenvalue weighted by Gasteiger charge is -2.37. The molecule has 1 atom stereocenters. The van der Waals surface area contributed by atoms with Crippen molar-refractivity contribution in [2.45, 2.75) is 58.4 Å². The lowest BCUT2D eigenvalue weighted by atomic mass is 9.84. The predicted octanol–water partition coefficient (Wildman–Crippen LogP) is 6.27. The summed E-state index contributed by atoms with van der Waals surface area (Å²) >= 11 is 0. The maximum absolute atomic E-state index is 13.9. The fourth-order valence-corrected chi connectivity index (χ4v) is 5.25. The first-order valence-electron chi connectivity index (χ1n) is 13.6. The highest BCUT2D eigenvalue weighted by molar-refractivity contribution is 5.81. The maximum Gasteiger partial charge on any atom is 0.266 e. The molecule has 1 amide bonds. The van der Waals surface area contributed by atoms with Gasteiger partial charge >= 0.3 is 0 Å². The second-order valence-corrected chi connectivity index (χ2v) is 9.97. The second-order valence-electron chi connectivity index (χ2n) is 9.97. The first-order chi connectivity index (χ1) is 18.1. The molecule has 5 nitrogen and oxygen atoms in total. The van der Waals surface area contributed by atoms with E-state index in [1.54, 1.807) is 4.57 Å². The van der Waals surface area contributed by atoms with E-state index in [1.165, 1.54) is 11.1 Å². The summed E-state index contributed by atoms with van der Waals surface area (Å²) in [4.78, 5) is 34.8. The Morgan fingerprint density at radius 2 is 1.65 bits per heavy atom. The van der Waals surface area contributed by atoms with Crippen molar-refractivity contribution in [3.63, 3.8) is 0 Å². The molecular weight excluding hydrogens is 458 g/mol. The molecule has 0 spiro atoms. The first-order valence-corrected chi connectivity index (χ1v) is 13.6. The van der Waals surface area contributed by atoms with Crippen LogP contribution in [0, 0.1) is 5.92 Å². The van der Waals surface area contributed by atoms with Crippen LogP contribution in [-0.2, 0) is 17.6 Å². The monoisotopic (exact) mass is 493 g/mol. The number of nitrogens with zero attached hydrogens (tertiary/aromatic N) is 3. The van der Waals surface area contributed by atoms with Gasteiger partial charge in [0.25, 0.3) is 5.56 Å². The molecule has 4 aromatic rings. The van der Waals surface area contributed by atoms with E-state index in [9.17, 15) is 9.59 Å². The molecule has 0 aliphatic heterocycles. The number of carbonyl (C=O) groups is 1. The van der Waals surface area contributed by atoms with Crippen LogP contribution in [0.4, 0.5) is 0 Å². The van der Waals surface area contributed by atoms with Crippen molar-refractivity contribution in [2.24, 2.45) is 5.92 Å². The average molecular weight is 494 g/mol. The van der Waals surface area contributed by atoms with E-state index < -0.39 is 0 Å². The lowest BCUT2D eigenvalue weighted by Crippen LogP contribution is -2.44. The molecule has 1 aliphatic rings. The number of rotatable bonds is 9. The highest BCUT2D eigenvalue weighted by atomic mass is 16.2. The second kappa shape index (κ2) is 11.1. The summed E-state index contributed by atoms with van der Waals surface area (Å²) in [5.41, 5.74) is 3.77. The Bertz CT molecular complexity index is 1420. The summed E-state index contributed by atoms with van der Waals surface area (Å²) in [5.74, 6) is 0.884. The number of aryl methyl sites for hydroxylation is 1. The maximum atomic E-state index is 13.9. The Labute approximate surface area is 218 Å². The molecule has 1 aliphatic carbocycles. The molecule has 1 fully saturated rings. The van der Waals surface area contributed by atoms with Crippen molar-refractivity contribution < 1.29 is 4.79 Å². The largest absolute Gasteiger partial charge is 0.332 e. The van der Waals surface area contributed by atoms with Crippen LogP contribution in [0.15, 0.2) is 83.7 Å². The quantitative estimate of drug-likeness (QED) is 0.276. The number of hydrogen-bond acceptors (Lipinski definition) is 3. The normalized spacial score (nSPS) is 14.3. The van der Waals surface area contributed by atoms with Crippen LogP contribution in [0.25, 0.3) is 16.6 Å². The SMILES string of the molecule is CCc1ccc(-n2c(C(CC)N(CCc3ccccc3)C(=O)C3CCC3)nc3ccccc3c2=O)cc1. The van der Waals surface area contributed by atoms with Gasteiger partial charge in [-0.05, 0) is 67.5 Å². The molecule has 0 saturated heterocycles. The fourth-order valence-electron chi connectivity index (χ4n) is 5.25. The van der Waals surface area contributed by atoms with Crippen LogP contribution in [0.5, 0.6) is 0 Å². The Balaban J connectivity index is 1.64. The minimum Gasteiger partial charge on any atom is -0.332 e. The summed E-state index contributed by atoms with van der Waals surface area (Å²) < 4.78 is 1.74. The van der Waals surface area contributed by atoms with Gasteiger partial charge in [0.05, 0.1) is 22.6 Å². The predicted molar refractivity (Wildman–Crippen MR) is 149 cm³/mol. The van der Waals surface area contributed by atoms with Gasteiger partial charge in [0.1, 0.15) is 5.82 Å². The summed E-state index contributed by atoms with van der Waals surface area (Å²) in [6.07, 6.45) is 5.34. The van der Waals surface area contributed by atoms with Crippen LogP contribution in [0.3, 0.4) is 0 Å². The van der Waals surface area contributed by atoms with Crippen molar-refractivity contribution in [1.29, 1.82) is 0 Å². The third-order valence-electron chi connectivity index (χ3n) is 7.69. The number of para-hydroxylation sites is 1. The molecule has 1 heterocycles. The Morgan fingerprint density at radius 3 is 2.30 bits per heavy atom. The Kier molecular flexibility index (Phi) is 7.50. The highest BCUT2D eigenvalue weighted by Crippen LogP contribution is 2.33. The average Bonchev–Trinajstić information content (AvgIpc) is 2.91. The minimum atomic E-state index is -0.306. The summed E-state index contributed by atoms with van der Waals surface area (Å²) in [6.45, 7) is 4.80. The number of fused-ring (bicyclic) bond motifs is 1. The molecule has 1 unspecified atom stereocenters. The molecule has 0 N–H and O–H groups in total. The van der Waals surface area contributed by atoms with Gasteiger partial charge in [-0.15, -0.1) is 0 Å². The van der Waals surface area contributed by atoms with Crippen molar-refractivity contribution in [2.75, 3.05) is 6.54 Å². The third-order valence-corrected chi connectivity index (χ3v) is 7.69. The molecule has 3 aromatic carbocycles. The highest BCUT2D eigenvalue weighted by Gasteiger charge is 2.35. The molecule has 5 heteroatoms. The zero-order valence-electron chi connectivity index (χ0n) is 21.8. The number of benzene rings is 3. The van der Waals surface area contributed by atoms with Gasteiger partial charge in [-0.25, -0.2) is 4.98 Å². The van der Waals surface area contributed by atoms with E-state index in [-0.39, 0.29) is 23.4 Å². The van der Waals surface area contributed by atoms with E-state index in [4.69, 9.17) is 4.98 Å². The van der Waals surface area contributed by atoms with E-state index in [0.29, 0.717) is 29.7 Å². The Morgan fingerprint density at radius 1 is 0.946 bits per heavy atom. The summed E-state index contributed by atoms with van der Waals surface area (Å²) in [7, 11) is 0.